The molecule has 28 heavy (non-hydrogen) atoms. The monoisotopic (exact) mass is 372 g/mol. The van der Waals surface area contributed by atoms with Crippen molar-refractivity contribution in [2.45, 2.75) is 38.1 Å². The molecule has 5 rings (SSSR count). The third-order valence-corrected chi connectivity index (χ3v) is 5.58. The summed E-state index contributed by atoms with van der Waals surface area (Å²) in [6.45, 7) is 0.937. The average Bonchev–Trinajstić information content (AvgIpc) is 3.29. The van der Waals surface area contributed by atoms with Gasteiger partial charge in [-0.05, 0) is 43.2 Å². The summed E-state index contributed by atoms with van der Waals surface area (Å²) in [7, 11) is 0. The molecule has 3 heterocycles. The lowest BCUT2D eigenvalue weighted by atomic mass is 9.93. The normalized spacial score (nSPS) is 16.8. The number of nitrogens with zero attached hydrogens (tertiary/aromatic N) is 5. The van der Waals surface area contributed by atoms with Crippen molar-refractivity contribution in [3.8, 4) is 5.69 Å². The smallest absolute Gasteiger partial charge is 0.229 e. The Labute approximate surface area is 164 Å². The van der Waals surface area contributed by atoms with E-state index in [1.807, 2.05) is 47.4 Å². The van der Waals surface area contributed by atoms with E-state index >= 15 is 0 Å². The molecular formula is C22H24N6. The summed E-state index contributed by atoms with van der Waals surface area (Å²) >= 11 is 0. The maximum atomic E-state index is 4.87. The second kappa shape index (κ2) is 7.46. The van der Waals surface area contributed by atoms with E-state index in [1.54, 1.807) is 6.20 Å². The molecule has 0 spiro atoms. The summed E-state index contributed by atoms with van der Waals surface area (Å²) in [6, 6.07) is 10.6. The average molecular weight is 372 g/mol. The lowest BCUT2D eigenvalue weighted by Gasteiger charge is -2.37. The van der Waals surface area contributed by atoms with Gasteiger partial charge >= 0.3 is 0 Å². The summed E-state index contributed by atoms with van der Waals surface area (Å²) in [5.41, 5.74) is 3.10. The Balaban J connectivity index is 1.37. The van der Waals surface area contributed by atoms with Crippen molar-refractivity contribution >= 4 is 23.5 Å². The van der Waals surface area contributed by atoms with Crippen molar-refractivity contribution in [3.05, 3.63) is 60.6 Å². The number of fused-ring (bicyclic) bond motifs is 1. The Bertz CT molecular complexity index is 955. The van der Waals surface area contributed by atoms with Crippen LogP contribution in [0, 0.1) is 0 Å². The van der Waals surface area contributed by atoms with Gasteiger partial charge < -0.3 is 10.2 Å². The first kappa shape index (κ1) is 17.0. The molecule has 0 atom stereocenters. The molecule has 1 N–H and O–H groups in total. The van der Waals surface area contributed by atoms with E-state index in [0.717, 1.165) is 29.3 Å². The van der Waals surface area contributed by atoms with Crippen LogP contribution in [-0.4, -0.2) is 32.3 Å². The SMILES string of the molecule is C1=Cc2cnc(Nc3ccc(-n4cccn4)cc3)nc2N(C2CCCCC2)C1. The van der Waals surface area contributed by atoms with Gasteiger partial charge in [0.25, 0.3) is 0 Å². The molecule has 0 radical (unpaired) electrons. The highest BCUT2D eigenvalue weighted by Gasteiger charge is 2.25. The van der Waals surface area contributed by atoms with Crippen LogP contribution >= 0.6 is 0 Å². The van der Waals surface area contributed by atoms with Crippen molar-refractivity contribution in [2.75, 3.05) is 16.8 Å². The van der Waals surface area contributed by atoms with Crippen LogP contribution in [0.2, 0.25) is 0 Å². The topological polar surface area (TPSA) is 58.9 Å². The molecule has 142 valence electrons. The van der Waals surface area contributed by atoms with E-state index in [0.29, 0.717) is 12.0 Å². The van der Waals surface area contributed by atoms with Crippen LogP contribution in [0.5, 0.6) is 0 Å². The third kappa shape index (κ3) is 3.38. The molecule has 1 aromatic carbocycles. The van der Waals surface area contributed by atoms with Gasteiger partial charge in [-0.15, -0.1) is 0 Å². The zero-order chi connectivity index (χ0) is 18.8. The Morgan fingerprint density at radius 1 is 1.04 bits per heavy atom. The van der Waals surface area contributed by atoms with Crippen LogP contribution in [0.1, 0.15) is 37.7 Å². The number of rotatable bonds is 4. The van der Waals surface area contributed by atoms with Crippen molar-refractivity contribution in [1.29, 1.82) is 0 Å². The van der Waals surface area contributed by atoms with Crippen LogP contribution in [-0.2, 0) is 0 Å². The van der Waals surface area contributed by atoms with Crippen LogP contribution in [0.4, 0.5) is 17.5 Å². The molecule has 0 amide bonds. The Morgan fingerprint density at radius 2 is 1.89 bits per heavy atom. The Morgan fingerprint density at radius 3 is 2.68 bits per heavy atom. The molecule has 0 saturated heterocycles. The first-order valence-corrected chi connectivity index (χ1v) is 10.0. The molecule has 1 aliphatic heterocycles. The summed E-state index contributed by atoms with van der Waals surface area (Å²) in [4.78, 5) is 11.9. The Kier molecular flexibility index (Phi) is 4.53. The molecule has 6 heteroatoms. The van der Waals surface area contributed by atoms with Gasteiger partial charge in [-0.3, -0.25) is 0 Å². The number of nitrogens with one attached hydrogen (secondary N) is 1. The van der Waals surface area contributed by atoms with Gasteiger partial charge in [0.1, 0.15) is 5.82 Å². The number of aromatic nitrogens is 4. The van der Waals surface area contributed by atoms with Gasteiger partial charge in [0.2, 0.25) is 5.95 Å². The van der Waals surface area contributed by atoms with Crippen molar-refractivity contribution in [3.63, 3.8) is 0 Å². The molecule has 1 saturated carbocycles. The van der Waals surface area contributed by atoms with Crippen molar-refractivity contribution in [2.24, 2.45) is 0 Å². The van der Waals surface area contributed by atoms with Crippen LogP contribution in [0.25, 0.3) is 11.8 Å². The summed E-state index contributed by atoms with van der Waals surface area (Å²) < 4.78 is 1.84. The van der Waals surface area contributed by atoms with Gasteiger partial charge in [0, 0.05) is 42.4 Å². The predicted molar refractivity (Wildman–Crippen MR) is 112 cm³/mol. The minimum atomic E-state index is 0.591. The van der Waals surface area contributed by atoms with E-state index < -0.39 is 0 Å². The fraction of sp³-hybridized carbons (Fsp3) is 0.318. The second-order valence-electron chi connectivity index (χ2n) is 7.44. The summed E-state index contributed by atoms with van der Waals surface area (Å²) in [6.07, 6.45) is 16.5. The highest BCUT2D eigenvalue weighted by Crippen LogP contribution is 2.32. The van der Waals surface area contributed by atoms with E-state index in [9.17, 15) is 0 Å². The second-order valence-corrected chi connectivity index (χ2v) is 7.44. The maximum absolute atomic E-state index is 4.87. The number of anilines is 3. The first-order chi connectivity index (χ1) is 13.9. The fourth-order valence-electron chi connectivity index (χ4n) is 4.13. The van der Waals surface area contributed by atoms with E-state index in [2.05, 4.69) is 32.5 Å². The fourth-order valence-corrected chi connectivity index (χ4v) is 4.13. The van der Waals surface area contributed by atoms with Crippen LogP contribution in [0.3, 0.4) is 0 Å². The summed E-state index contributed by atoms with van der Waals surface area (Å²) in [5, 5.41) is 7.61. The quantitative estimate of drug-likeness (QED) is 0.727. The number of hydrogen-bond donors (Lipinski definition) is 1. The van der Waals surface area contributed by atoms with Crippen molar-refractivity contribution in [1.82, 2.24) is 19.7 Å². The Hall–Kier alpha value is -3.15. The van der Waals surface area contributed by atoms with Gasteiger partial charge in [0.05, 0.1) is 5.69 Å². The highest BCUT2D eigenvalue weighted by atomic mass is 15.3. The highest BCUT2D eigenvalue weighted by molar-refractivity contribution is 5.69. The molecule has 1 aliphatic carbocycles. The largest absolute Gasteiger partial charge is 0.349 e. The van der Waals surface area contributed by atoms with Gasteiger partial charge in [-0.2, -0.15) is 10.1 Å². The third-order valence-electron chi connectivity index (χ3n) is 5.58. The number of hydrogen-bond acceptors (Lipinski definition) is 5. The lowest BCUT2D eigenvalue weighted by molar-refractivity contribution is 0.419. The predicted octanol–water partition coefficient (Wildman–Crippen LogP) is 4.57. The standard InChI is InChI=1S/C22H24N6/c1-2-7-19(8-3-1)27-14-4-6-17-16-23-22(26-21(17)27)25-18-9-11-20(12-10-18)28-15-5-13-24-28/h4-6,9-13,15-16,19H,1-3,7-8,14H2,(H,23,25,26). The zero-order valence-corrected chi connectivity index (χ0v) is 15.8. The van der Waals surface area contributed by atoms with E-state index in [-0.39, 0.29) is 0 Å². The minimum absolute atomic E-state index is 0.591. The molecule has 2 aliphatic rings. The van der Waals surface area contributed by atoms with Gasteiger partial charge in [-0.1, -0.05) is 31.4 Å². The molecule has 0 unspecified atom stereocenters. The summed E-state index contributed by atoms with van der Waals surface area (Å²) in [5.74, 6) is 1.70. The van der Waals surface area contributed by atoms with E-state index in [4.69, 9.17) is 4.98 Å². The minimum Gasteiger partial charge on any atom is -0.349 e. The van der Waals surface area contributed by atoms with Crippen LogP contribution < -0.4 is 10.2 Å². The lowest BCUT2D eigenvalue weighted by Crippen LogP contribution is -2.39. The molecule has 2 aromatic heterocycles. The molecule has 1 fully saturated rings. The molecule has 6 nitrogen and oxygen atoms in total. The zero-order valence-electron chi connectivity index (χ0n) is 15.8. The number of benzene rings is 1. The maximum Gasteiger partial charge on any atom is 0.229 e. The van der Waals surface area contributed by atoms with E-state index in [1.165, 1.54) is 32.1 Å². The van der Waals surface area contributed by atoms with Crippen LogP contribution in [0.15, 0.2) is 55.0 Å². The first-order valence-electron chi connectivity index (χ1n) is 10.0. The molecule has 0 bridgehead atoms. The van der Waals surface area contributed by atoms with Gasteiger partial charge in [0.15, 0.2) is 0 Å². The van der Waals surface area contributed by atoms with Gasteiger partial charge in [-0.25, -0.2) is 9.67 Å². The van der Waals surface area contributed by atoms with Crippen molar-refractivity contribution < 1.29 is 0 Å². The molecular weight excluding hydrogens is 348 g/mol. The molecule has 3 aromatic rings.